The Labute approximate surface area is 121 Å². The number of rotatable bonds is 6. The Bertz CT molecular complexity index is 405. The van der Waals surface area contributed by atoms with Crippen LogP contribution in [0.2, 0.25) is 0 Å². The van der Waals surface area contributed by atoms with Gasteiger partial charge >= 0.3 is 6.01 Å². The highest BCUT2D eigenvalue weighted by Crippen LogP contribution is 2.19. The highest BCUT2D eigenvalue weighted by Gasteiger charge is 2.15. The first-order chi connectivity index (χ1) is 9.83. The zero-order chi connectivity index (χ0) is 14.2. The highest BCUT2D eigenvalue weighted by molar-refractivity contribution is 5.38. The first-order valence-electron chi connectivity index (χ1n) is 7.62. The second kappa shape index (κ2) is 7.87. The first kappa shape index (κ1) is 14.8. The minimum Gasteiger partial charge on any atom is -0.467 e. The van der Waals surface area contributed by atoms with Gasteiger partial charge in [-0.15, -0.1) is 0 Å². The van der Waals surface area contributed by atoms with Crippen LogP contribution < -0.4 is 15.0 Å². The summed E-state index contributed by atoms with van der Waals surface area (Å²) in [6.45, 7) is 5.07. The van der Waals surface area contributed by atoms with Crippen molar-refractivity contribution < 1.29 is 4.74 Å². The topological polar surface area (TPSA) is 63.2 Å². The molecule has 0 spiro atoms. The lowest BCUT2D eigenvalue weighted by Crippen LogP contribution is -2.26. The van der Waals surface area contributed by atoms with Crippen molar-refractivity contribution in [2.24, 2.45) is 0 Å². The van der Waals surface area contributed by atoms with Crippen LogP contribution in [0.1, 0.15) is 45.4 Å². The van der Waals surface area contributed by atoms with Crippen molar-refractivity contribution in [2.75, 3.05) is 37.0 Å². The van der Waals surface area contributed by atoms with Gasteiger partial charge in [0.05, 0.1) is 7.11 Å². The van der Waals surface area contributed by atoms with Gasteiger partial charge in [-0.3, -0.25) is 0 Å². The number of aromatic nitrogens is 3. The van der Waals surface area contributed by atoms with Gasteiger partial charge in [0, 0.05) is 19.6 Å². The van der Waals surface area contributed by atoms with Crippen LogP contribution in [-0.2, 0) is 0 Å². The Morgan fingerprint density at radius 2 is 1.85 bits per heavy atom. The maximum atomic E-state index is 5.19. The van der Waals surface area contributed by atoms with E-state index in [0.29, 0.717) is 12.0 Å². The van der Waals surface area contributed by atoms with Crippen LogP contribution in [0.5, 0.6) is 6.01 Å². The van der Waals surface area contributed by atoms with Gasteiger partial charge < -0.3 is 15.0 Å². The molecule has 1 aliphatic heterocycles. The van der Waals surface area contributed by atoms with Crippen molar-refractivity contribution in [1.82, 2.24) is 15.0 Å². The fourth-order valence-corrected chi connectivity index (χ4v) is 2.31. The molecule has 2 rings (SSSR count). The Morgan fingerprint density at radius 1 is 1.10 bits per heavy atom. The molecule has 6 heteroatoms. The molecule has 112 valence electrons. The van der Waals surface area contributed by atoms with E-state index in [2.05, 4.69) is 32.1 Å². The number of ether oxygens (including phenoxy) is 1. The Hall–Kier alpha value is -1.59. The van der Waals surface area contributed by atoms with Crippen LogP contribution in [0.25, 0.3) is 0 Å². The first-order valence-corrected chi connectivity index (χ1v) is 7.62. The number of hydrogen-bond acceptors (Lipinski definition) is 6. The number of hydrogen-bond donors (Lipinski definition) is 1. The van der Waals surface area contributed by atoms with Crippen LogP contribution in [0.4, 0.5) is 11.9 Å². The molecule has 1 saturated heterocycles. The monoisotopic (exact) mass is 279 g/mol. The third-order valence-corrected chi connectivity index (χ3v) is 3.49. The summed E-state index contributed by atoms with van der Waals surface area (Å²) in [7, 11) is 1.59. The smallest absolute Gasteiger partial charge is 0.322 e. The van der Waals surface area contributed by atoms with E-state index in [1.54, 1.807) is 7.11 Å². The summed E-state index contributed by atoms with van der Waals surface area (Å²) in [4.78, 5) is 15.4. The van der Waals surface area contributed by atoms with E-state index < -0.39 is 0 Å². The normalized spacial score (nSPS) is 15.8. The molecule has 0 atom stereocenters. The van der Waals surface area contributed by atoms with Gasteiger partial charge in [-0.1, -0.05) is 26.2 Å². The molecule has 1 aromatic rings. The van der Waals surface area contributed by atoms with Crippen molar-refractivity contribution in [3.8, 4) is 6.01 Å². The van der Waals surface area contributed by atoms with Gasteiger partial charge in [-0.25, -0.2) is 0 Å². The van der Waals surface area contributed by atoms with E-state index in [0.717, 1.165) is 38.4 Å². The van der Waals surface area contributed by atoms with E-state index in [4.69, 9.17) is 4.74 Å². The molecule has 1 fully saturated rings. The lowest BCUT2D eigenvalue weighted by Gasteiger charge is -2.20. The molecule has 0 saturated carbocycles. The average Bonchev–Trinajstić information content (AvgIpc) is 2.76. The van der Waals surface area contributed by atoms with Gasteiger partial charge in [0.1, 0.15) is 0 Å². The minimum atomic E-state index is 0.387. The summed E-state index contributed by atoms with van der Waals surface area (Å²) in [5, 5.41) is 3.25. The maximum absolute atomic E-state index is 5.19. The summed E-state index contributed by atoms with van der Waals surface area (Å²) < 4.78 is 5.19. The molecule has 0 amide bonds. The predicted octanol–water partition coefficient (Wildman–Crippen LogP) is 2.47. The predicted molar refractivity (Wildman–Crippen MR) is 80.5 cm³/mol. The molecule has 0 radical (unpaired) electrons. The molecule has 0 aromatic carbocycles. The Morgan fingerprint density at radius 3 is 2.50 bits per heavy atom. The number of anilines is 2. The molecule has 6 nitrogen and oxygen atoms in total. The third-order valence-electron chi connectivity index (χ3n) is 3.49. The molecule has 0 bridgehead atoms. The summed E-state index contributed by atoms with van der Waals surface area (Å²) in [5.74, 6) is 1.35. The summed E-state index contributed by atoms with van der Waals surface area (Å²) in [6, 6.07) is 0.387. The Balaban J connectivity index is 2.11. The van der Waals surface area contributed by atoms with Gasteiger partial charge in [-0.2, -0.15) is 15.0 Å². The van der Waals surface area contributed by atoms with Crippen LogP contribution in [0.3, 0.4) is 0 Å². The van der Waals surface area contributed by atoms with Gasteiger partial charge in [-0.05, 0) is 19.3 Å². The second-order valence-corrected chi connectivity index (χ2v) is 5.13. The molecule has 1 N–H and O–H groups in total. The lowest BCUT2D eigenvalue weighted by molar-refractivity contribution is 0.378. The maximum Gasteiger partial charge on any atom is 0.322 e. The standard InChI is InChI=1S/C14H25N5O/c1-3-4-9-15-12-16-13(18-14(17-12)20-2)19-10-7-5-6-8-11-19/h3-11H2,1-2H3,(H,15,16,17,18). The molecule has 1 aliphatic rings. The molecule has 20 heavy (non-hydrogen) atoms. The average molecular weight is 279 g/mol. The molecular formula is C14H25N5O. The number of unbranched alkanes of at least 4 members (excludes halogenated alkanes) is 1. The largest absolute Gasteiger partial charge is 0.467 e. The van der Waals surface area contributed by atoms with Crippen molar-refractivity contribution >= 4 is 11.9 Å². The van der Waals surface area contributed by atoms with Gasteiger partial charge in [0.2, 0.25) is 11.9 Å². The van der Waals surface area contributed by atoms with Gasteiger partial charge in [0.25, 0.3) is 0 Å². The summed E-state index contributed by atoms with van der Waals surface area (Å²) >= 11 is 0. The molecule has 0 unspecified atom stereocenters. The van der Waals surface area contributed by atoms with Crippen molar-refractivity contribution in [3.05, 3.63) is 0 Å². The van der Waals surface area contributed by atoms with Crippen LogP contribution >= 0.6 is 0 Å². The second-order valence-electron chi connectivity index (χ2n) is 5.13. The zero-order valence-electron chi connectivity index (χ0n) is 12.6. The van der Waals surface area contributed by atoms with E-state index >= 15 is 0 Å². The van der Waals surface area contributed by atoms with Gasteiger partial charge in [0.15, 0.2) is 0 Å². The summed E-state index contributed by atoms with van der Waals surface area (Å²) in [6.07, 6.45) is 7.24. The molecule has 0 aliphatic carbocycles. The number of nitrogens with one attached hydrogen (secondary N) is 1. The minimum absolute atomic E-state index is 0.387. The Kier molecular flexibility index (Phi) is 5.83. The van der Waals surface area contributed by atoms with Crippen molar-refractivity contribution in [2.45, 2.75) is 45.4 Å². The van der Waals surface area contributed by atoms with Crippen LogP contribution in [0.15, 0.2) is 0 Å². The molecule has 1 aromatic heterocycles. The van der Waals surface area contributed by atoms with Crippen LogP contribution in [0, 0.1) is 0 Å². The highest BCUT2D eigenvalue weighted by atomic mass is 16.5. The van der Waals surface area contributed by atoms with E-state index in [1.807, 2.05) is 0 Å². The van der Waals surface area contributed by atoms with E-state index in [1.165, 1.54) is 25.7 Å². The fraction of sp³-hybridized carbons (Fsp3) is 0.786. The zero-order valence-corrected chi connectivity index (χ0v) is 12.6. The quantitative estimate of drug-likeness (QED) is 0.807. The van der Waals surface area contributed by atoms with Crippen molar-refractivity contribution in [1.29, 1.82) is 0 Å². The van der Waals surface area contributed by atoms with E-state index in [-0.39, 0.29) is 0 Å². The van der Waals surface area contributed by atoms with E-state index in [9.17, 15) is 0 Å². The van der Waals surface area contributed by atoms with Crippen molar-refractivity contribution in [3.63, 3.8) is 0 Å². The number of methoxy groups -OCH3 is 1. The number of nitrogens with zero attached hydrogens (tertiary/aromatic N) is 4. The van der Waals surface area contributed by atoms with Crippen LogP contribution in [-0.4, -0.2) is 41.7 Å². The third kappa shape index (κ3) is 4.21. The summed E-state index contributed by atoms with van der Waals surface area (Å²) in [5.41, 5.74) is 0. The molecule has 2 heterocycles. The molecular weight excluding hydrogens is 254 g/mol. The fourth-order valence-electron chi connectivity index (χ4n) is 2.31. The SMILES string of the molecule is CCCCNc1nc(OC)nc(N2CCCCCC2)n1. The lowest BCUT2D eigenvalue weighted by atomic mass is 10.2.